The van der Waals surface area contributed by atoms with Crippen LogP contribution in [0.25, 0.3) is 0 Å². The molecule has 0 fully saturated rings. The van der Waals surface area contributed by atoms with Gasteiger partial charge in [0.25, 0.3) is 0 Å². The SMILES string of the molecule is COc1cc2c(cc1CNC(Cc1cccs1)c1nccs1)OCO2. The van der Waals surface area contributed by atoms with E-state index in [4.69, 9.17) is 14.2 Å². The highest BCUT2D eigenvalue weighted by Crippen LogP contribution is 2.38. The largest absolute Gasteiger partial charge is 0.496 e. The monoisotopic (exact) mass is 374 g/mol. The summed E-state index contributed by atoms with van der Waals surface area (Å²) in [5, 5.41) is 8.83. The summed E-state index contributed by atoms with van der Waals surface area (Å²) in [7, 11) is 1.67. The highest BCUT2D eigenvalue weighted by atomic mass is 32.1. The molecule has 1 atom stereocenters. The van der Waals surface area contributed by atoms with Gasteiger partial charge >= 0.3 is 0 Å². The first kappa shape index (κ1) is 16.4. The predicted molar refractivity (Wildman–Crippen MR) is 98.8 cm³/mol. The molecule has 5 nitrogen and oxygen atoms in total. The molecule has 3 aromatic rings. The van der Waals surface area contributed by atoms with Crippen LogP contribution in [0, 0.1) is 0 Å². The molecule has 1 aromatic carbocycles. The third-order valence-electron chi connectivity index (χ3n) is 4.05. The Morgan fingerprint density at radius 1 is 1.24 bits per heavy atom. The number of fused-ring (bicyclic) bond motifs is 1. The third kappa shape index (κ3) is 3.63. The second-order valence-corrected chi connectivity index (χ2v) is 7.56. The molecule has 130 valence electrons. The Morgan fingerprint density at radius 3 is 2.84 bits per heavy atom. The van der Waals surface area contributed by atoms with E-state index in [2.05, 4.69) is 27.8 Å². The van der Waals surface area contributed by atoms with Gasteiger partial charge in [-0.2, -0.15) is 0 Å². The first-order chi connectivity index (χ1) is 12.3. The normalized spacial score (nSPS) is 13.8. The van der Waals surface area contributed by atoms with Crippen LogP contribution in [0.3, 0.4) is 0 Å². The fraction of sp³-hybridized carbons (Fsp3) is 0.278. The molecule has 0 aliphatic carbocycles. The number of nitrogens with zero attached hydrogens (tertiary/aromatic N) is 1. The van der Waals surface area contributed by atoms with Crippen molar-refractivity contribution < 1.29 is 14.2 Å². The van der Waals surface area contributed by atoms with E-state index in [9.17, 15) is 0 Å². The van der Waals surface area contributed by atoms with Gasteiger partial charge in [-0.25, -0.2) is 4.98 Å². The zero-order valence-corrected chi connectivity index (χ0v) is 15.4. The minimum atomic E-state index is 0.161. The Hall–Kier alpha value is -2.09. The average Bonchev–Trinajstić information content (AvgIpc) is 3.39. The molecule has 1 unspecified atom stereocenters. The van der Waals surface area contributed by atoms with Gasteiger partial charge in [0.1, 0.15) is 10.8 Å². The molecule has 0 saturated carbocycles. The molecule has 4 rings (SSSR count). The Balaban J connectivity index is 1.53. The van der Waals surface area contributed by atoms with Gasteiger partial charge in [-0.1, -0.05) is 6.07 Å². The Kier molecular flexibility index (Phi) is 4.87. The van der Waals surface area contributed by atoms with Gasteiger partial charge in [-0.05, 0) is 17.5 Å². The summed E-state index contributed by atoms with van der Waals surface area (Å²) in [4.78, 5) is 5.83. The lowest BCUT2D eigenvalue weighted by Crippen LogP contribution is -2.23. The second-order valence-electron chi connectivity index (χ2n) is 5.60. The number of thiophene rings is 1. The zero-order valence-electron chi connectivity index (χ0n) is 13.7. The minimum Gasteiger partial charge on any atom is -0.496 e. The summed E-state index contributed by atoms with van der Waals surface area (Å²) < 4.78 is 16.4. The molecule has 0 spiro atoms. The van der Waals surface area contributed by atoms with Gasteiger partial charge in [-0.15, -0.1) is 22.7 Å². The maximum Gasteiger partial charge on any atom is 0.231 e. The van der Waals surface area contributed by atoms with E-state index in [0.29, 0.717) is 6.54 Å². The van der Waals surface area contributed by atoms with Gasteiger partial charge < -0.3 is 19.5 Å². The van der Waals surface area contributed by atoms with Crippen LogP contribution in [-0.4, -0.2) is 18.9 Å². The summed E-state index contributed by atoms with van der Waals surface area (Å²) in [6.45, 7) is 0.922. The first-order valence-electron chi connectivity index (χ1n) is 7.95. The lowest BCUT2D eigenvalue weighted by atomic mass is 10.1. The fourth-order valence-corrected chi connectivity index (χ4v) is 4.28. The fourth-order valence-electron chi connectivity index (χ4n) is 2.81. The molecule has 2 aromatic heterocycles. The van der Waals surface area contributed by atoms with Gasteiger partial charge in [0, 0.05) is 41.0 Å². The Labute approximate surface area is 154 Å². The average molecular weight is 374 g/mol. The van der Waals surface area contributed by atoms with Crippen LogP contribution < -0.4 is 19.5 Å². The van der Waals surface area contributed by atoms with Crippen molar-refractivity contribution in [3.63, 3.8) is 0 Å². The summed E-state index contributed by atoms with van der Waals surface area (Å²) in [5.74, 6) is 2.29. The van der Waals surface area contributed by atoms with Crippen molar-refractivity contribution in [2.24, 2.45) is 0 Å². The van der Waals surface area contributed by atoms with Gasteiger partial charge in [0.15, 0.2) is 11.5 Å². The molecule has 1 aliphatic rings. The van der Waals surface area contributed by atoms with Crippen molar-refractivity contribution >= 4 is 22.7 Å². The van der Waals surface area contributed by atoms with E-state index in [1.165, 1.54) is 4.88 Å². The number of benzene rings is 1. The van der Waals surface area contributed by atoms with E-state index in [0.717, 1.165) is 34.2 Å². The molecule has 7 heteroatoms. The maximum absolute atomic E-state index is 5.51. The zero-order chi connectivity index (χ0) is 17.1. The smallest absolute Gasteiger partial charge is 0.231 e. The molecule has 0 radical (unpaired) electrons. The van der Waals surface area contributed by atoms with E-state index in [-0.39, 0.29) is 12.8 Å². The van der Waals surface area contributed by atoms with E-state index < -0.39 is 0 Å². The van der Waals surface area contributed by atoms with Crippen LogP contribution in [-0.2, 0) is 13.0 Å². The molecule has 0 amide bonds. The van der Waals surface area contributed by atoms with Crippen molar-refractivity contribution in [2.45, 2.75) is 19.0 Å². The number of thiazole rings is 1. The lowest BCUT2D eigenvalue weighted by molar-refractivity contribution is 0.174. The minimum absolute atomic E-state index is 0.161. The van der Waals surface area contributed by atoms with E-state index >= 15 is 0 Å². The molecular formula is C18H18N2O3S2. The topological polar surface area (TPSA) is 52.6 Å². The summed E-state index contributed by atoms with van der Waals surface area (Å²) in [6.07, 6.45) is 2.77. The van der Waals surface area contributed by atoms with Crippen LogP contribution in [0.5, 0.6) is 17.2 Å². The lowest BCUT2D eigenvalue weighted by Gasteiger charge is -2.17. The van der Waals surface area contributed by atoms with Crippen molar-refractivity contribution in [2.75, 3.05) is 13.9 Å². The van der Waals surface area contributed by atoms with Crippen molar-refractivity contribution in [3.05, 3.63) is 56.7 Å². The third-order valence-corrected chi connectivity index (χ3v) is 5.84. The van der Waals surface area contributed by atoms with Crippen LogP contribution in [0.4, 0.5) is 0 Å². The molecule has 3 heterocycles. The second kappa shape index (κ2) is 7.43. The summed E-state index contributed by atoms with van der Waals surface area (Å²) >= 11 is 3.44. The molecule has 1 N–H and O–H groups in total. The Morgan fingerprint density at radius 2 is 2.12 bits per heavy atom. The summed E-state index contributed by atoms with van der Waals surface area (Å²) in [5.41, 5.74) is 1.04. The van der Waals surface area contributed by atoms with Crippen molar-refractivity contribution in [1.82, 2.24) is 10.3 Å². The molecule has 1 aliphatic heterocycles. The maximum atomic E-state index is 5.51. The van der Waals surface area contributed by atoms with Crippen molar-refractivity contribution in [1.29, 1.82) is 0 Å². The number of aromatic nitrogens is 1. The number of rotatable bonds is 7. The van der Waals surface area contributed by atoms with Gasteiger partial charge in [0.2, 0.25) is 6.79 Å². The molecule has 0 bridgehead atoms. The molecular weight excluding hydrogens is 356 g/mol. The quantitative estimate of drug-likeness (QED) is 0.677. The van der Waals surface area contributed by atoms with Crippen LogP contribution >= 0.6 is 22.7 Å². The molecule has 0 saturated heterocycles. The first-order valence-corrected chi connectivity index (χ1v) is 9.71. The van der Waals surface area contributed by atoms with E-state index in [1.54, 1.807) is 29.8 Å². The van der Waals surface area contributed by atoms with Crippen LogP contribution in [0.1, 0.15) is 21.5 Å². The van der Waals surface area contributed by atoms with Gasteiger partial charge in [-0.3, -0.25) is 0 Å². The number of ether oxygens (including phenoxy) is 3. The van der Waals surface area contributed by atoms with Crippen molar-refractivity contribution in [3.8, 4) is 17.2 Å². The number of nitrogens with one attached hydrogen (secondary N) is 1. The van der Waals surface area contributed by atoms with Crippen LogP contribution in [0.2, 0.25) is 0 Å². The highest BCUT2D eigenvalue weighted by Gasteiger charge is 2.20. The highest BCUT2D eigenvalue weighted by molar-refractivity contribution is 7.10. The Bertz CT molecular complexity index is 819. The number of hydrogen-bond acceptors (Lipinski definition) is 7. The molecule has 25 heavy (non-hydrogen) atoms. The standard InChI is InChI=1S/C18H18N2O3S2/c1-21-15-9-17-16(22-11-23-17)7-12(15)10-20-14(18-19-4-6-25-18)8-13-3-2-5-24-13/h2-7,9,14,20H,8,10-11H2,1H3. The number of methoxy groups -OCH3 is 1. The van der Waals surface area contributed by atoms with E-state index in [1.807, 2.05) is 23.7 Å². The number of hydrogen-bond donors (Lipinski definition) is 1. The van der Waals surface area contributed by atoms with Gasteiger partial charge in [0.05, 0.1) is 13.2 Å². The summed E-state index contributed by atoms with van der Waals surface area (Å²) in [6, 6.07) is 8.28. The van der Waals surface area contributed by atoms with Crippen LogP contribution in [0.15, 0.2) is 41.2 Å². The predicted octanol–water partition coefficient (Wildman–Crippen LogP) is 4.02.